The number of alkyl halides is 1. The van der Waals surface area contributed by atoms with E-state index in [0.29, 0.717) is 0 Å². The third kappa shape index (κ3) is 3.35. The fourth-order valence-corrected chi connectivity index (χ4v) is 3.27. The van der Waals surface area contributed by atoms with Crippen molar-refractivity contribution in [3.63, 3.8) is 0 Å². The lowest BCUT2D eigenvalue weighted by Gasteiger charge is -2.39. The molecule has 0 radical (unpaired) electrons. The molecule has 2 rings (SSSR count). The fourth-order valence-electron chi connectivity index (χ4n) is 2.94. The molecule has 0 spiro atoms. The fraction of sp³-hybridized carbons (Fsp3) is 1.00. The lowest BCUT2D eigenvalue weighted by atomic mass is 9.77. The highest BCUT2D eigenvalue weighted by atomic mass is 35.5. The molecule has 1 N–H and O–H groups in total. The summed E-state index contributed by atoms with van der Waals surface area (Å²) in [7, 11) is 0. The van der Waals surface area contributed by atoms with Crippen molar-refractivity contribution in [1.82, 2.24) is 5.32 Å². The Balaban J connectivity index is 1.77. The SMILES string of the molecule is CC1CCCC(CCl)(NCCC2CC2)C1. The summed E-state index contributed by atoms with van der Waals surface area (Å²) < 4.78 is 0. The van der Waals surface area contributed by atoms with Crippen LogP contribution in [0.25, 0.3) is 0 Å². The average Bonchev–Trinajstić information content (AvgIpc) is 3.02. The predicted molar refractivity (Wildman–Crippen MR) is 66.4 cm³/mol. The maximum absolute atomic E-state index is 6.17. The monoisotopic (exact) mass is 229 g/mol. The molecule has 2 saturated carbocycles. The predicted octanol–water partition coefficient (Wildman–Crippen LogP) is 3.56. The summed E-state index contributed by atoms with van der Waals surface area (Å²) in [5.41, 5.74) is 0.272. The smallest absolute Gasteiger partial charge is 0.0406 e. The van der Waals surface area contributed by atoms with Crippen LogP contribution in [0.5, 0.6) is 0 Å². The van der Waals surface area contributed by atoms with Crippen molar-refractivity contribution < 1.29 is 0 Å². The van der Waals surface area contributed by atoms with Gasteiger partial charge in [-0.05, 0) is 37.6 Å². The van der Waals surface area contributed by atoms with Crippen LogP contribution in [-0.4, -0.2) is 18.0 Å². The third-order valence-corrected chi connectivity index (χ3v) is 4.61. The van der Waals surface area contributed by atoms with E-state index in [9.17, 15) is 0 Å². The van der Waals surface area contributed by atoms with Crippen LogP contribution >= 0.6 is 11.6 Å². The standard InChI is InChI=1S/C13H24ClN/c1-11-3-2-7-13(9-11,10-14)15-8-6-12-4-5-12/h11-12,15H,2-10H2,1H3. The Morgan fingerprint density at radius 3 is 2.73 bits per heavy atom. The molecule has 2 aliphatic rings. The summed E-state index contributed by atoms with van der Waals surface area (Å²) in [6, 6.07) is 0. The zero-order valence-corrected chi connectivity index (χ0v) is 10.7. The van der Waals surface area contributed by atoms with E-state index in [2.05, 4.69) is 12.2 Å². The lowest BCUT2D eigenvalue weighted by molar-refractivity contribution is 0.208. The second kappa shape index (κ2) is 5.05. The summed E-state index contributed by atoms with van der Waals surface area (Å²) in [5, 5.41) is 3.75. The molecule has 0 amide bonds. The first-order valence-electron chi connectivity index (χ1n) is 6.55. The van der Waals surface area contributed by atoms with Crippen molar-refractivity contribution in [3.8, 4) is 0 Å². The molecule has 0 heterocycles. The molecular weight excluding hydrogens is 206 g/mol. The molecule has 0 aromatic rings. The Labute approximate surface area is 99.0 Å². The maximum Gasteiger partial charge on any atom is 0.0406 e. The number of nitrogens with one attached hydrogen (secondary N) is 1. The maximum atomic E-state index is 6.17. The van der Waals surface area contributed by atoms with E-state index in [4.69, 9.17) is 11.6 Å². The van der Waals surface area contributed by atoms with Crippen molar-refractivity contribution in [3.05, 3.63) is 0 Å². The molecule has 88 valence electrons. The highest BCUT2D eigenvalue weighted by Gasteiger charge is 2.34. The molecule has 2 aliphatic carbocycles. The molecule has 2 unspecified atom stereocenters. The van der Waals surface area contributed by atoms with Crippen LogP contribution in [0.2, 0.25) is 0 Å². The van der Waals surface area contributed by atoms with Gasteiger partial charge in [-0.1, -0.05) is 32.6 Å². The van der Waals surface area contributed by atoms with Gasteiger partial charge < -0.3 is 5.32 Å². The van der Waals surface area contributed by atoms with Crippen LogP contribution < -0.4 is 5.32 Å². The molecule has 0 bridgehead atoms. The van der Waals surface area contributed by atoms with E-state index < -0.39 is 0 Å². The second-order valence-electron chi connectivity index (χ2n) is 5.77. The quantitative estimate of drug-likeness (QED) is 0.711. The van der Waals surface area contributed by atoms with Gasteiger partial charge in [0.05, 0.1) is 0 Å². The van der Waals surface area contributed by atoms with Gasteiger partial charge >= 0.3 is 0 Å². The van der Waals surface area contributed by atoms with Gasteiger partial charge in [-0.15, -0.1) is 11.6 Å². The Hall–Kier alpha value is 0.250. The second-order valence-corrected chi connectivity index (χ2v) is 6.04. The van der Waals surface area contributed by atoms with Crippen LogP contribution in [-0.2, 0) is 0 Å². The van der Waals surface area contributed by atoms with Crippen LogP contribution in [0, 0.1) is 11.8 Å². The minimum atomic E-state index is 0.272. The van der Waals surface area contributed by atoms with Crippen LogP contribution in [0.1, 0.15) is 51.9 Å². The third-order valence-electron chi connectivity index (χ3n) is 4.10. The number of hydrogen-bond donors (Lipinski definition) is 1. The van der Waals surface area contributed by atoms with Gasteiger partial charge in [-0.25, -0.2) is 0 Å². The first kappa shape index (κ1) is 11.7. The van der Waals surface area contributed by atoms with Gasteiger partial charge in [0.15, 0.2) is 0 Å². The van der Waals surface area contributed by atoms with Crippen molar-refractivity contribution in [2.24, 2.45) is 11.8 Å². The van der Waals surface area contributed by atoms with Gasteiger partial charge in [-0.3, -0.25) is 0 Å². The molecule has 2 fully saturated rings. The highest BCUT2D eigenvalue weighted by molar-refractivity contribution is 6.18. The molecule has 0 aliphatic heterocycles. The molecular formula is C13H24ClN. The van der Waals surface area contributed by atoms with Crippen molar-refractivity contribution in [2.45, 2.75) is 57.4 Å². The van der Waals surface area contributed by atoms with Crippen LogP contribution in [0.4, 0.5) is 0 Å². The van der Waals surface area contributed by atoms with E-state index in [1.807, 2.05) is 0 Å². The van der Waals surface area contributed by atoms with Gasteiger partial charge in [0.25, 0.3) is 0 Å². The minimum Gasteiger partial charge on any atom is -0.310 e. The lowest BCUT2D eigenvalue weighted by Crippen LogP contribution is -2.50. The van der Waals surface area contributed by atoms with Gasteiger partial charge in [0.1, 0.15) is 0 Å². The molecule has 2 atom stereocenters. The van der Waals surface area contributed by atoms with Crippen molar-refractivity contribution in [1.29, 1.82) is 0 Å². The van der Waals surface area contributed by atoms with Gasteiger partial charge in [-0.2, -0.15) is 0 Å². The molecule has 2 heteroatoms. The molecule has 0 aromatic carbocycles. The van der Waals surface area contributed by atoms with Crippen LogP contribution in [0.15, 0.2) is 0 Å². The minimum absolute atomic E-state index is 0.272. The van der Waals surface area contributed by atoms with Crippen molar-refractivity contribution in [2.75, 3.05) is 12.4 Å². The van der Waals surface area contributed by atoms with Gasteiger partial charge in [0, 0.05) is 11.4 Å². The molecule has 15 heavy (non-hydrogen) atoms. The molecule has 0 aromatic heterocycles. The Kier molecular flexibility index (Phi) is 3.95. The van der Waals surface area contributed by atoms with E-state index in [0.717, 1.165) is 17.7 Å². The summed E-state index contributed by atoms with van der Waals surface area (Å²) in [6.45, 7) is 3.55. The van der Waals surface area contributed by atoms with Crippen molar-refractivity contribution >= 4 is 11.6 Å². The first-order valence-corrected chi connectivity index (χ1v) is 7.08. The Morgan fingerprint density at radius 1 is 1.33 bits per heavy atom. The highest BCUT2D eigenvalue weighted by Crippen LogP contribution is 2.35. The zero-order chi connectivity index (χ0) is 10.7. The topological polar surface area (TPSA) is 12.0 Å². The van der Waals surface area contributed by atoms with E-state index >= 15 is 0 Å². The summed E-state index contributed by atoms with van der Waals surface area (Å²) in [4.78, 5) is 0. The number of halogens is 1. The van der Waals surface area contributed by atoms with E-state index in [1.165, 1.54) is 51.5 Å². The normalized spacial score (nSPS) is 36.8. The number of rotatable bonds is 5. The zero-order valence-electron chi connectivity index (χ0n) is 9.90. The Morgan fingerprint density at radius 2 is 2.13 bits per heavy atom. The summed E-state index contributed by atoms with van der Waals surface area (Å²) >= 11 is 6.17. The van der Waals surface area contributed by atoms with Crippen LogP contribution in [0.3, 0.4) is 0 Å². The summed E-state index contributed by atoms with van der Waals surface area (Å²) in [5.74, 6) is 2.68. The molecule has 0 saturated heterocycles. The Bertz CT molecular complexity index is 203. The first-order chi connectivity index (χ1) is 7.24. The largest absolute Gasteiger partial charge is 0.310 e. The van der Waals surface area contributed by atoms with Gasteiger partial charge in [0.2, 0.25) is 0 Å². The van der Waals surface area contributed by atoms with E-state index in [-0.39, 0.29) is 5.54 Å². The summed E-state index contributed by atoms with van der Waals surface area (Å²) in [6.07, 6.45) is 9.60. The number of hydrogen-bond acceptors (Lipinski definition) is 1. The van der Waals surface area contributed by atoms with E-state index in [1.54, 1.807) is 0 Å². The average molecular weight is 230 g/mol. The molecule has 1 nitrogen and oxygen atoms in total.